The van der Waals surface area contributed by atoms with Crippen LogP contribution in [0.4, 0.5) is 0 Å². The molecule has 0 spiro atoms. The van der Waals surface area contributed by atoms with Gasteiger partial charge >= 0.3 is 5.97 Å². The highest BCUT2D eigenvalue weighted by Gasteiger charge is 2.38. The van der Waals surface area contributed by atoms with Crippen LogP contribution in [0, 0.1) is 17.3 Å². The Balaban J connectivity index is 3.07. The van der Waals surface area contributed by atoms with Crippen LogP contribution in [0.3, 0.4) is 0 Å². The molecule has 0 aromatic rings. The molecule has 0 aliphatic carbocycles. The van der Waals surface area contributed by atoms with Crippen molar-refractivity contribution in [3.05, 3.63) is 11.6 Å². The Labute approximate surface area is 188 Å². The van der Waals surface area contributed by atoms with Crippen molar-refractivity contribution in [3.8, 4) is 0 Å². The summed E-state index contributed by atoms with van der Waals surface area (Å²) >= 11 is 0. The van der Waals surface area contributed by atoms with Crippen molar-refractivity contribution in [1.82, 2.24) is 15.5 Å². The largest absolute Gasteiger partial charge is 0.463 e. The second-order valence-electron chi connectivity index (χ2n) is 10.2. The van der Waals surface area contributed by atoms with E-state index < -0.39 is 11.5 Å². The molecular formula is C24H43N3O4. The quantitative estimate of drug-likeness (QED) is 0.450. The van der Waals surface area contributed by atoms with Gasteiger partial charge in [-0.25, -0.2) is 4.79 Å². The Morgan fingerprint density at radius 2 is 1.87 bits per heavy atom. The minimum Gasteiger partial charge on any atom is -0.463 e. The maximum Gasteiger partial charge on any atom is 0.333 e. The van der Waals surface area contributed by atoms with E-state index in [4.69, 9.17) is 4.74 Å². The summed E-state index contributed by atoms with van der Waals surface area (Å²) in [5.41, 5.74) is -0.000141. The standard InChI is InChI=1S/C24H43N3O4/c1-10-31-23(30)17(5)14-19(15(2)3)27(9)22(29)20(24(6,7)8)26-21(28)18-13-16(4)11-12-25-18/h14-16,18-20,25H,10-13H2,1-9H3,(H,26,28)/b17-14+. The lowest BCUT2D eigenvalue weighted by Gasteiger charge is -2.38. The van der Waals surface area contributed by atoms with Crippen molar-refractivity contribution in [2.75, 3.05) is 20.2 Å². The maximum absolute atomic E-state index is 13.5. The number of hydrogen-bond acceptors (Lipinski definition) is 5. The number of ether oxygens (including phenoxy) is 1. The summed E-state index contributed by atoms with van der Waals surface area (Å²) in [6.07, 6.45) is 3.60. The van der Waals surface area contributed by atoms with E-state index in [9.17, 15) is 14.4 Å². The zero-order valence-electron chi connectivity index (χ0n) is 20.9. The lowest BCUT2D eigenvalue weighted by molar-refractivity contribution is -0.141. The molecule has 1 aliphatic rings. The third-order valence-corrected chi connectivity index (χ3v) is 5.88. The molecule has 0 bridgehead atoms. The van der Waals surface area contributed by atoms with E-state index in [-0.39, 0.29) is 35.8 Å². The molecule has 31 heavy (non-hydrogen) atoms. The van der Waals surface area contributed by atoms with Gasteiger partial charge in [-0.2, -0.15) is 0 Å². The first-order valence-corrected chi connectivity index (χ1v) is 11.5. The van der Waals surface area contributed by atoms with E-state index in [0.29, 0.717) is 18.1 Å². The normalized spacial score (nSPS) is 21.9. The van der Waals surface area contributed by atoms with Gasteiger partial charge in [0.15, 0.2) is 0 Å². The van der Waals surface area contributed by atoms with Gasteiger partial charge in [0.2, 0.25) is 11.8 Å². The van der Waals surface area contributed by atoms with E-state index in [1.807, 2.05) is 34.6 Å². The number of nitrogens with one attached hydrogen (secondary N) is 2. The lowest BCUT2D eigenvalue weighted by atomic mass is 9.84. The molecule has 178 valence electrons. The summed E-state index contributed by atoms with van der Waals surface area (Å²) in [7, 11) is 1.73. The summed E-state index contributed by atoms with van der Waals surface area (Å²) in [5, 5.41) is 6.28. The first kappa shape index (κ1) is 27.1. The van der Waals surface area contributed by atoms with Crippen LogP contribution in [0.2, 0.25) is 0 Å². The van der Waals surface area contributed by atoms with Crippen molar-refractivity contribution >= 4 is 17.8 Å². The minimum atomic E-state index is -0.679. The van der Waals surface area contributed by atoms with Crippen molar-refractivity contribution in [2.24, 2.45) is 17.3 Å². The molecule has 1 rings (SSSR count). The Bertz CT molecular complexity index is 666. The molecule has 7 heteroatoms. The van der Waals surface area contributed by atoms with Crippen LogP contribution in [0.25, 0.3) is 0 Å². The summed E-state index contributed by atoms with van der Waals surface area (Å²) < 4.78 is 5.08. The predicted molar refractivity (Wildman–Crippen MR) is 123 cm³/mol. The number of nitrogens with zero attached hydrogens (tertiary/aromatic N) is 1. The van der Waals surface area contributed by atoms with Crippen molar-refractivity contribution in [1.29, 1.82) is 0 Å². The van der Waals surface area contributed by atoms with Crippen molar-refractivity contribution in [2.45, 2.75) is 86.4 Å². The van der Waals surface area contributed by atoms with Gasteiger partial charge < -0.3 is 20.3 Å². The van der Waals surface area contributed by atoms with Gasteiger partial charge in [0, 0.05) is 12.6 Å². The molecule has 4 unspecified atom stereocenters. The third kappa shape index (κ3) is 7.95. The first-order chi connectivity index (χ1) is 14.3. The van der Waals surface area contributed by atoms with E-state index >= 15 is 0 Å². The number of rotatable bonds is 8. The number of esters is 1. The maximum atomic E-state index is 13.5. The summed E-state index contributed by atoms with van der Waals surface area (Å²) in [4.78, 5) is 40.2. The van der Waals surface area contributed by atoms with Crippen LogP contribution in [0.15, 0.2) is 11.6 Å². The Kier molecular flexibility index (Phi) is 10.2. The van der Waals surface area contributed by atoms with Crippen LogP contribution in [-0.4, -0.2) is 61.0 Å². The topological polar surface area (TPSA) is 87.7 Å². The molecule has 0 aromatic heterocycles. The van der Waals surface area contributed by atoms with Gasteiger partial charge in [-0.15, -0.1) is 0 Å². The molecule has 2 N–H and O–H groups in total. The van der Waals surface area contributed by atoms with E-state index in [1.165, 1.54) is 0 Å². The van der Waals surface area contributed by atoms with Gasteiger partial charge in [-0.3, -0.25) is 9.59 Å². The van der Waals surface area contributed by atoms with E-state index in [2.05, 4.69) is 17.6 Å². The fourth-order valence-corrected chi connectivity index (χ4v) is 3.87. The summed E-state index contributed by atoms with van der Waals surface area (Å²) in [6.45, 7) is 16.6. The number of amides is 2. The average molecular weight is 438 g/mol. The lowest BCUT2D eigenvalue weighted by Crippen LogP contribution is -2.59. The molecule has 0 aromatic carbocycles. The molecule has 4 atom stereocenters. The average Bonchev–Trinajstić information content (AvgIpc) is 2.67. The van der Waals surface area contributed by atoms with Crippen LogP contribution in [0.5, 0.6) is 0 Å². The number of carbonyl (C=O) groups is 3. The second kappa shape index (κ2) is 11.7. The molecule has 0 saturated carbocycles. The van der Waals surface area contributed by atoms with Gasteiger partial charge in [-0.05, 0) is 50.5 Å². The summed E-state index contributed by atoms with van der Waals surface area (Å²) in [6, 6.07) is -1.26. The third-order valence-electron chi connectivity index (χ3n) is 5.88. The smallest absolute Gasteiger partial charge is 0.333 e. The Morgan fingerprint density at radius 1 is 1.26 bits per heavy atom. The highest BCUT2D eigenvalue weighted by atomic mass is 16.5. The molecule has 1 heterocycles. The molecule has 1 aliphatic heterocycles. The zero-order valence-corrected chi connectivity index (χ0v) is 20.9. The first-order valence-electron chi connectivity index (χ1n) is 11.5. The van der Waals surface area contributed by atoms with Crippen LogP contribution in [0.1, 0.15) is 68.2 Å². The number of likely N-dealkylation sites (N-methyl/N-ethyl adjacent to an activating group) is 1. The van der Waals surface area contributed by atoms with Gasteiger partial charge in [0.05, 0.1) is 18.7 Å². The molecule has 1 saturated heterocycles. The number of hydrogen-bond donors (Lipinski definition) is 2. The van der Waals surface area contributed by atoms with Crippen molar-refractivity contribution < 1.29 is 19.1 Å². The van der Waals surface area contributed by atoms with E-state index in [0.717, 1.165) is 19.4 Å². The van der Waals surface area contributed by atoms with Crippen LogP contribution in [-0.2, 0) is 19.1 Å². The minimum absolute atomic E-state index is 0.0792. The van der Waals surface area contributed by atoms with Crippen molar-refractivity contribution in [3.63, 3.8) is 0 Å². The Morgan fingerprint density at radius 3 is 2.35 bits per heavy atom. The molecule has 7 nitrogen and oxygen atoms in total. The summed E-state index contributed by atoms with van der Waals surface area (Å²) in [5.74, 6) is -0.128. The fraction of sp³-hybridized carbons (Fsp3) is 0.792. The SMILES string of the molecule is CCOC(=O)/C(C)=C/C(C(C)C)N(C)C(=O)C(NC(=O)C1CC(C)CCN1)C(C)(C)C. The monoisotopic (exact) mass is 437 g/mol. The molecule has 2 amide bonds. The molecule has 0 radical (unpaired) electrons. The Hall–Kier alpha value is -1.89. The van der Waals surface area contributed by atoms with E-state index in [1.54, 1.807) is 31.9 Å². The predicted octanol–water partition coefficient (Wildman–Crippen LogP) is 2.90. The van der Waals surface area contributed by atoms with Crippen LogP contribution < -0.4 is 10.6 Å². The highest BCUT2D eigenvalue weighted by Crippen LogP contribution is 2.24. The highest BCUT2D eigenvalue weighted by molar-refractivity contribution is 5.91. The van der Waals surface area contributed by atoms with Gasteiger partial charge in [0.1, 0.15) is 6.04 Å². The van der Waals surface area contributed by atoms with Gasteiger partial charge in [0.25, 0.3) is 0 Å². The second-order valence-corrected chi connectivity index (χ2v) is 10.2. The molecular weight excluding hydrogens is 394 g/mol. The van der Waals surface area contributed by atoms with Crippen LogP contribution >= 0.6 is 0 Å². The number of piperidine rings is 1. The number of carbonyl (C=O) groups excluding carboxylic acids is 3. The fourth-order valence-electron chi connectivity index (χ4n) is 3.87. The molecule has 1 fully saturated rings. The van der Waals surface area contributed by atoms with Gasteiger partial charge in [-0.1, -0.05) is 47.6 Å². The zero-order chi connectivity index (χ0) is 23.9.